The third kappa shape index (κ3) is 6.29. The highest BCUT2D eigenvalue weighted by Crippen LogP contribution is 2.15. The average molecular weight is 399 g/mol. The molecule has 0 spiro atoms. The van der Waals surface area contributed by atoms with E-state index < -0.39 is 0 Å². The largest absolute Gasteiger partial charge is 0.350 e. The molecule has 1 aromatic carbocycles. The van der Waals surface area contributed by atoms with Gasteiger partial charge in [0, 0.05) is 28.1 Å². The maximum Gasteiger partial charge on any atom is 0.270 e. The van der Waals surface area contributed by atoms with Gasteiger partial charge in [0.15, 0.2) is 5.78 Å². The Kier molecular flexibility index (Phi) is 6.97. The molecule has 1 aromatic heterocycles. The summed E-state index contributed by atoms with van der Waals surface area (Å²) in [5.74, 6) is -0.486. The van der Waals surface area contributed by atoms with E-state index in [0.717, 1.165) is 5.69 Å². The van der Waals surface area contributed by atoms with Crippen molar-refractivity contribution in [2.75, 3.05) is 25.6 Å². The summed E-state index contributed by atoms with van der Waals surface area (Å²) in [7, 11) is 1.73. The molecule has 0 saturated carbocycles. The number of aromatic nitrogens is 1. The van der Waals surface area contributed by atoms with Crippen molar-refractivity contribution in [1.82, 2.24) is 14.9 Å². The van der Waals surface area contributed by atoms with Gasteiger partial charge >= 0.3 is 0 Å². The zero-order valence-electron chi connectivity index (χ0n) is 18.0. The van der Waals surface area contributed by atoms with Gasteiger partial charge in [-0.3, -0.25) is 29.4 Å². The van der Waals surface area contributed by atoms with Crippen LogP contribution in [-0.4, -0.2) is 52.8 Å². The van der Waals surface area contributed by atoms with Crippen LogP contribution in [0.25, 0.3) is 0 Å². The molecule has 2 aromatic rings. The van der Waals surface area contributed by atoms with Crippen LogP contribution in [0.5, 0.6) is 0 Å². The van der Waals surface area contributed by atoms with Gasteiger partial charge in [0.25, 0.3) is 5.91 Å². The molecule has 0 radical (unpaired) electrons. The van der Waals surface area contributed by atoms with E-state index in [1.807, 2.05) is 33.8 Å². The molecule has 0 unspecified atom stereocenters. The number of ketones is 1. The fourth-order valence-electron chi connectivity index (χ4n) is 3.06. The van der Waals surface area contributed by atoms with Crippen LogP contribution in [0.2, 0.25) is 0 Å². The van der Waals surface area contributed by atoms with Crippen LogP contribution in [0, 0.1) is 13.8 Å². The number of likely N-dealkylation sites (N-methyl/N-ethyl adjacent to an activating group) is 1. The lowest BCUT2D eigenvalue weighted by Gasteiger charge is -2.23. The van der Waals surface area contributed by atoms with E-state index in [2.05, 4.69) is 10.7 Å². The molecule has 0 aliphatic heterocycles. The summed E-state index contributed by atoms with van der Waals surface area (Å²) < 4.78 is 1.62. The maximum atomic E-state index is 12.8. The van der Waals surface area contributed by atoms with Crippen molar-refractivity contribution in [3.63, 3.8) is 0 Å². The van der Waals surface area contributed by atoms with E-state index in [0.29, 0.717) is 16.8 Å². The fourth-order valence-corrected chi connectivity index (χ4v) is 3.06. The Labute approximate surface area is 172 Å². The van der Waals surface area contributed by atoms with Gasteiger partial charge in [-0.05, 0) is 59.9 Å². The van der Waals surface area contributed by atoms with E-state index in [1.54, 1.807) is 53.9 Å². The van der Waals surface area contributed by atoms with Crippen LogP contribution < -0.4 is 10.7 Å². The molecule has 1 heterocycles. The highest BCUT2D eigenvalue weighted by molar-refractivity contribution is 6.01. The van der Waals surface area contributed by atoms with Crippen molar-refractivity contribution >= 4 is 17.6 Å². The molecule has 7 heteroatoms. The Morgan fingerprint density at radius 3 is 2.24 bits per heavy atom. The Morgan fingerprint density at radius 1 is 1.03 bits per heavy atom. The quantitative estimate of drug-likeness (QED) is 0.702. The standard InChI is InChI=1S/C22H30N4O3/c1-15-12-18(19(27)13-25(6)14-20(28)23-22(3,4)5)16(2)26(15)24-21(29)17-10-8-7-9-11-17/h7-12H,13-14H2,1-6H3,(H,23,28)(H,24,29). The number of Topliss-reactive ketones (excluding diaryl/α,β-unsaturated/α-hetero) is 1. The normalized spacial score (nSPS) is 11.4. The van der Waals surface area contributed by atoms with Gasteiger partial charge in [-0.15, -0.1) is 0 Å². The second kappa shape index (κ2) is 9.05. The van der Waals surface area contributed by atoms with Gasteiger partial charge in [0.2, 0.25) is 5.91 Å². The van der Waals surface area contributed by atoms with Crippen LogP contribution in [-0.2, 0) is 4.79 Å². The molecule has 7 nitrogen and oxygen atoms in total. The SMILES string of the molecule is Cc1cc(C(=O)CN(C)CC(=O)NC(C)(C)C)c(C)n1NC(=O)c1ccccc1. The summed E-state index contributed by atoms with van der Waals surface area (Å²) in [5, 5.41) is 2.88. The third-order valence-corrected chi connectivity index (χ3v) is 4.32. The highest BCUT2D eigenvalue weighted by atomic mass is 16.2. The minimum atomic E-state index is -0.316. The average Bonchev–Trinajstić information content (AvgIpc) is 2.88. The van der Waals surface area contributed by atoms with Gasteiger partial charge in [-0.2, -0.15) is 0 Å². The van der Waals surface area contributed by atoms with Gasteiger partial charge in [0.05, 0.1) is 13.1 Å². The van der Waals surface area contributed by atoms with E-state index in [-0.39, 0.29) is 36.2 Å². The number of nitrogens with zero attached hydrogens (tertiary/aromatic N) is 2. The molecule has 0 aliphatic carbocycles. The molecular formula is C22H30N4O3. The van der Waals surface area contributed by atoms with Crippen LogP contribution in [0.3, 0.4) is 0 Å². The zero-order valence-corrected chi connectivity index (χ0v) is 18.0. The molecule has 156 valence electrons. The number of hydrogen-bond acceptors (Lipinski definition) is 4. The molecule has 0 fully saturated rings. The summed E-state index contributed by atoms with van der Waals surface area (Å²) in [6, 6.07) is 10.7. The van der Waals surface area contributed by atoms with Crippen LogP contribution in [0.1, 0.15) is 52.9 Å². The summed E-state index contributed by atoms with van der Waals surface area (Å²) in [6.45, 7) is 9.59. The minimum Gasteiger partial charge on any atom is -0.350 e. The Balaban J connectivity index is 2.05. The van der Waals surface area contributed by atoms with Gasteiger partial charge in [-0.25, -0.2) is 0 Å². The van der Waals surface area contributed by atoms with Crippen molar-refractivity contribution in [1.29, 1.82) is 0 Å². The molecule has 2 rings (SSSR count). The number of rotatable bonds is 7. The lowest BCUT2D eigenvalue weighted by molar-refractivity contribution is -0.123. The first-order chi connectivity index (χ1) is 13.5. The number of amides is 2. The molecule has 0 bridgehead atoms. The molecule has 0 aliphatic rings. The summed E-state index contributed by atoms with van der Waals surface area (Å²) in [6.07, 6.45) is 0. The summed E-state index contributed by atoms with van der Waals surface area (Å²) in [4.78, 5) is 38.9. The Bertz CT molecular complexity index is 895. The second-order valence-electron chi connectivity index (χ2n) is 8.32. The topological polar surface area (TPSA) is 83.4 Å². The first-order valence-electron chi connectivity index (χ1n) is 9.56. The van der Waals surface area contributed by atoms with E-state index in [9.17, 15) is 14.4 Å². The number of nitrogens with one attached hydrogen (secondary N) is 2. The highest BCUT2D eigenvalue weighted by Gasteiger charge is 2.20. The first kappa shape index (κ1) is 22.4. The summed E-state index contributed by atoms with van der Waals surface area (Å²) in [5.41, 5.74) is 4.99. The van der Waals surface area contributed by atoms with Crippen LogP contribution in [0.4, 0.5) is 0 Å². The molecule has 29 heavy (non-hydrogen) atoms. The second-order valence-corrected chi connectivity index (χ2v) is 8.32. The zero-order chi connectivity index (χ0) is 21.8. The molecule has 0 atom stereocenters. The molecule has 2 amide bonds. The van der Waals surface area contributed by atoms with E-state index >= 15 is 0 Å². The van der Waals surface area contributed by atoms with Crippen molar-refractivity contribution < 1.29 is 14.4 Å². The monoisotopic (exact) mass is 398 g/mol. The maximum absolute atomic E-state index is 12.8. The van der Waals surface area contributed by atoms with E-state index in [4.69, 9.17) is 0 Å². The number of carbonyl (C=O) groups is 3. The summed E-state index contributed by atoms with van der Waals surface area (Å²) >= 11 is 0. The number of aryl methyl sites for hydroxylation is 1. The van der Waals surface area contributed by atoms with Gasteiger partial charge < -0.3 is 5.32 Å². The van der Waals surface area contributed by atoms with Crippen molar-refractivity contribution in [3.05, 3.63) is 58.9 Å². The van der Waals surface area contributed by atoms with Gasteiger partial charge in [-0.1, -0.05) is 18.2 Å². The Morgan fingerprint density at radius 2 is 1.66 bits per heavy atom. The van der Waals surface area contributed by atoms with Crippen molar-refractivity contribution in [3.8, 4) is 0 Å². The van der Waals surface area contributed by atoms with Crippen molar-refractivity contribution in [2.24, 2.45) is 0 Å². The number of hydrogen-bond donors (Lipinski definition) is 2. The molecule has 0 saturated heterocycles. The lowest BCUT2D eigenvalue weighted by atomic mass is 10.1. The smallest absolute Gasteiger partial charge is 0.270 e. The van der Waals surface area contributed by atoms with Crippen molar-refractivity contribution in [2.45, 2.75) is 40.2 Å². The molecule has 2 N–H and O–H groups in total. The number of carbonyl (C=O) groups excluding carboxylic acids is 3. The number of benzene rings is 1. The predicted molar refractivity (Wildman–Crippen MR) is 114 cm³/mol. The third-order valence-electron chi connectivity index (χ3n) is 4.32. The predicted octanol–water partition coefficient (Wildman–Crippen LogP) is 2.52. The first-order valence-corrected chi connectivity index (χ1v) is 9.56. The van der Waals surface area contributed by atoms with Crippen LogP contribution in [0.15, 0.2) is 36.4 Å². The Hall–Kier alpha value is -2.93. The minimum absolute atomic E-state index is 0.106. The lowest BCUT2D eigenvalue weighted by Crippen LogP contribution is -2.45. The van der Waals surface area contributed by atoms with Gasteiger partial charge in [0.1, 0.15) is 0 Å². The van der Waals surface area contributed by atoms with Crippen LogP contribution >= 0.6 is 0 Å². The van der Waals surface area contributed by atoms with E-state index in [1.165, 1.54) is 0 Å². The fraction of sp³-hybridized carbons (Fsp3) is 0.409. The molecular weight excluding hydrogens is 368 g/mol.